The number of aliphatic hydroxyl groups is 1. The van der Waals surface area contributed by atoms with Gasteiger partial charge in [0.25, 0.3) is 0 Å². The number of nitrogens with zero attached hydrogens (tertiary/aromatic N) is 1. The van der Waals surface area contributed by atoms with Crippen molar-refractivity contribution in [1.29, 1.82) is 0 Å². The highest BCUT2D eigenvalue weighted by molar-refractivity contribution is 5.40. The summed E-state index contributed by atoms with van der Waals surface area (Å²) in [7, 11) is 0. The van der Waals surface area contributed by atoms with Gasteiger partial charge in [-0.15, -0.1) is 0 Å². The van der Waals surface area contributed by atoms with Crippen LogP contribution in [-0.2, 0) is 0 Å². The Morgan fingerprint density at radius 1 is 1.25 bits per heavy atom. The molecule has 2 rings (SSSR count). The normalized spacial score (nSPS) is 20.3. The molecule has 0 radical (unpaired) electrons. The van der Waals surface area contributed by atoms with Crippen LogP contribution in [0.5, 0.6) is 0 Å². The molecule has 0 aliphatic heterocycles. The van der Waals surface area contributed by atoms with Crippen LogP contribution in [0, 0.1) is 5.92 Å². The maximum Gasteiger partial charge on any atom is 0.129 e. The smallest absolute Gasteiger partial charge is 0.129 e. The molecule has 0 saturated heterocycles. The highest BCUT2D eigenvalue weighted by Crippen LogP contribution is 2.34. The molecule has 0 bridgehead atoms. The SMILES string of the molecule is Nc1ncccc1C(O)C1CCCCCC1. The van der Waals surface area contributed by atoms with E-state index >= 15 is 0 Å². The van der Waals surface area contributed by atoms with E-state index in [0.717, 1.165) is 18.4 Å². The lowest BCUT2D eigenvalue weighted by Crippen LogP contribution is -2.14. The zero-order valence-electron chi connectivity index (χ0n) is 9.60. The molecule has 0 amide bonds. The Kier molecular flexibility index (Phi) is 3.78. The summed E-state index contributed by atoms with van der Waals surface area (Å²) in [5.74, 6) is 0.827. The van der Waals surface area contributed by atoms with Gasteiger partial charge in [0.1, 0.15) is 5.82 Å². The maximum absolute atomic E-state index is 10.3. The molecular weight excluding hydrogens is 200 g/mol. The summed E-state index contributed by atoms with van der Waals surface area (Å²) in [6.45, 7) is 0. The summed E-state index contributed by atoms with van der Waals surface area (Å²) in [5, 5.41) is 10.3. The molecule has 3 N–H and O–H groups in total. The molecule has 1 saturated carbocycles. The van der Waals surface area contributed by atoms with E-state index in [0.29, 0.717) is 11.7 Å². The molecule has 1 aromatic rings. The Morgan fingerprint density at radius 2 is 1.94 bits per heavy atom. The van der Waals surface area contributed by atoms with E-state index in [1.807, 2.05) is 12.1 Å². The van der Waals surface area contributed by atoms with Gasteiger partial charge in [0, 0.05) is 11.8 Å². The Bertz CT molecular complexity index is 332. The minimum atomic E-state index is -0.438. The topological polar surface area (TPSA) is 59.1 Å². The van der Waals surface area contributed by atoms with Crippen molar-refractivity contribution in [3.63, 3.8) is 0 Å². The lowest BCUT2D eigenvalue weighted by atomic mass is 9.90. The maximum atomic E-state index is 10.3. The molecule has 1 aliphatic rings. The number of rotatable bonds is 2. The minimum Gasteiger partial charge on any atom is -0.388 e. The van der Waals surface area contributed by atoms with Crippen LogP contribution in [0.3, 0.4) is 0 Å². The Hall–Kier alpha value is -1.09. The van der Waals surface area contributed by atoms with Crippen molar-refractivity contribution in [1.82, 2.24) is 4.98 Å². The highest BCUT2D eigenvalue weighted by Gasteiger charge is 2.23. The van der Waals surface area contributed by atoms with Gasteiger partial charge in [0.2, 0.25) is 0 Å². The van der Waals surface area contributed by atoms with Gasteiger partial charge in [-0.3, -0.25) is 0 Å². The molecule has 1 fully saturated rings. The number of pyridine rings is 1. The van der Waals surface area contributed by atoms with Crippen LogP contribution in [0.2, 0.25) is 0 Å². The largest absolute Gasteiger partial charge is 0.388 e. The lowest BCUT2D eigenvalue weighted by molar-refractivity contribution is 0.0992. The number of nitrogens with two attached hydrogens (primary N) is 1. The van der Waals surface area contributed by atoms with Crippen molar-refractivity contribution in [2.24, 2.45) is 5.92 Å². The first-order valence-corrected chi connectivity index (χ1v) is 6.17. The second-order valence-electron chi connectivity index (χ2n) is 4.67. The number of nitrogen functional groups attached to an aromatic ring is 1. The van der Waals surface area contributed by atoms with Crippen molar-refractivity contribution in [2.75, 3.05) is 5.73 Å². The quantitative estimate of drug-likeness (QED) is 0.753. The first-order valence-electron chi connectivity index (χ1n) is 6.17. The van der Waals surface area contributed by atoms with Crippen molar-refractivity contribution in [3.05, 3.63) is 23.9 Å². The second kappa shape index (κ2) is 5.30. The average Bonchev–Trinajstić information content (AvgIpc) is 2.57. The second-order valence-corrected chi connectivity index (χ2v) is 4.67. The van der Waals surface area contributed by atoms with E-state index in [-0.39, 0.29) is 0 Å². The van der Waals surface area contributed by atoms with Gasteiger partial charge < -0.3 is 10.8 Å². The van der Waals surface area contributed by atoms with Crippen LogP contribution >= 0.6 is 0 Å². The van der Waals surface area contributed by atoms with E-state index in [1.54, 1.807) is 6.20 Å². The van der Waals surface area contributed by atoms with E-state index in [2.05, 4.69) is 4.98 Å². The predicted octanol–water partition coefficient (Wildman–Crippen LogP) is 2.67. The number of anilines is 1. The summed E-state index contributed by atoms with van der Waals surface area (Å²) in [5.41, 5.74) is 6.60. The van der Waals surface area contributed by atoms with Crippen molar-refractivity contribution < 1.29 is 5.11 Å². The summed E-state index contributed by atoms with van der Waals surface area (Å²) < 4.78 is 0. The summed E-state index contributed by atoms with van der Waals surface area (Å²) in [6.07, 6.45) is 8.48. The Morgan fingerprint density at radius 3 is 2.56 bits per heavy atom. The number of aliphatic hydroxyl groups excluding tert-OH is 1. The zero-order valence-corrected chi connectivity index (χ0v) is 9.60. The summed E-state index contributed by atoms with van der Waals surface area (Å²) >= 11 is 0. The molecule has 0 spiro atoms. The van der Waals surface area contributed by atoms with E-state index < -0.39 is 6.10 Å². The summed E-state index contributed by atoms with van der Waals surface area (Å²) in [6, 6.07) is 3.73. The molecule has 16 heavy (non-hydrogen) atoms. The molecule has 1 atom stereocenters. The molecule has 3 nitrogen and oxygen atoms in total. The Labute approximate surface area is 96.7 Å². The standard InChI is InChI=1S/C13H20N2O/c14-13-11(8-5-9-15-13)12(16)10-6-3-1-2-4-7-10/h5,8-10,12,16H,1-4,6-7H2,(H2,14,15). The number of hydrogen-bond donors (Lipinski definition) is 2. The number of aromatic nitrogens is 1. The third kappa shape index (κ3) is 2.53. The van der Waals surface area contributed by atoms with Crippen LogP contribution in [0.15, 0.2) is 18.3 Å². The molecule has 1 aromatic heterocycles. The fraction of sp³-hybridized carbons (Fsp3) is 0.615. The van der Waals surface area contributed by atoms with Gasteiger partial charge in [-0.05, 0) is 24.8 Å². The van der Waals surface area contributed by atoms with Gasteiger partial charge in [-0.1, -0.05) is 31.7 Å². The van der Waals surface area contributed by atoms with E-state index in [9.17, 15) is 5.11 Å². The fourth-order valence-electron chi connectivity index (χ4n) is 2.56. The van der Waals surface area contributed by atoms with Crippen LogP contribution in [-0.4, -0.2) is 10.1 Å². The fourth-order valence-corrected chi connectivity index (χ4v) is 2.56. The molecule has 88 valence electrons. The lowest BCUT2D eigenvalue weighted by Gasteiger charge is -2.22. The van der Waals surface area contributed by atoms with Gasteiger partial charge in [-0.2, -0.15) is 0 Å². The van der Waals surface area contributed by atoms with Gasteiger partial charge >= 0.3 is 0 Å². The molecular formula is C13H20N2O. The Balaban J connectivity index is 2.11. The van der Waals surface area contributed by atoms with Crippen LogP contribution in [0.25, 0.3) is 0 Å². The highest BCUT2D eigenvalue weighted by atomic mass is 16.3. The third-order valence-electron chi connectivity index (χ3n) is 3.54. The van der Waals surface area contributed by atoms with Crippen LogP contribution in [0.1, 0.15) is 50.2 Å². The molecule has 1 heterocycles. The van der Waals surface area contributed by atoms with Gasteiger partial charge in [0.15, 0.2) is 0 Å². The molecule has 1 aliphatic carbocycles. The minimum absolute atomic E-state index is 0.356. The molecule has 3 heteroatoms. The van der Waals surface area contributed by atoms with E-state index in [4.69, 9.17) is 5.73 Å². The van der Waals surface area contributed by atoms with Gasteiger partial charge in [0.05, 0.1) is 6.10 Å². The van der Waals surface area contributed by atoms with Crippen LogP contribution in [0.4, 0.5) is 5.82 Å². The van der Waals surface area contributed by atoms with Crippen molar-refractivity contribution in [2.45, 2.75) is 44.6 Å². The zero-order chi connectivity index (χ0) is 11.4. The first kappa shape index (κ1) is 11.4. The average molecular weight is 220 g/mol. The number of hydrogen-bond acceptors (Lipinski definition) is 3. The van der Waals surface area contributed by atoms with Gasteiger partial charge in [-0.25, -0.2) is 4.98 Å². The summed E-state index contributed by atoms with van der Waals surface area (Å²) in [4.78, 5) is 4.04. The molecule has 0 aromatic carbocycles. The monoisotopic (exact) mass is 220 g/mol. The third-order valence-corrected chi connectivity index (χ3v) is 3.54. The predicted molar refractivity (Wildman–Crippen MR) is 64.8 cm³/mol. The first-order chi connectivity index (χ1) is 7.79. The van der Waals surface area contributed by atoms with Crippen molar-refractivity contribution in [3.8, 4) is 0 Å². The van der Waals surface area contributed by atoms with E-state index in [1.165, 1.54) is 25.7 Å². The molecule has 1 unspecified atom stereocenters. The van der Waals surface area contributed by atoms with Crippen LogP contribution < -0.4 is 5.73 Å². The van der Waals surface area contributed by atoms with Crippen molar-refractivity contribution >= 4 is 5.82 Å².